The first-order valence-electron chi connectivity index (χ1n) is 3.51. The molecule has 72 valence electrons. The van der Waals surface area contributed by atoms with Crippen LogP contribution in [0, 0.1) is 5.82 Å². The van der Waals surface area contributed by atoms with Crippen LogP contribution in [0.4, 0.5) is 13.2 Å². The molecular weight excluding hydrogens is 247 g/mol. The molecule has 0 heterocycles. The molecule has 0 aliphatic heterocycles. The number of rotatable bonds is 2. The van der Waals surface area contributed by atoms with Gasteiger partial charge in [0.1, 0.15) is 5.82 Å². The van der Waals surface area contributed by atoms with Crippen molar-refractivity contribution in [2.24, 2.45) is 5.73 Å². The highest BCUT2D eigenvalue weighted by molar-refractivity contribution is 9.10. The Hall–Kier alpha value is -0.550. The van der Waals surface area contributed by atoms with Crippen molar-refractivity contribution in [1.29, 1.82) is 0 Å². The van der Waals surface area contributed by atoms with Gasteiger partial charge in [0.15, 0.2) is 0 Å². The van der Waals surface area contributed by atoms with Gasteiger partial charge in [0.05, 0.1) is 6.04 Å². The first-order valence-corrected chi connectivity index (χ1v) is 4.30. The van der Waals surface area contributed by atoms with Crippen molar-refractivity contribution in [3.63, 3.8) is 0 Å². The third-order valence-electron chi connectivity index (χ3n) is 1.59. The Kier molecular flexibility index (Phi) is 3.33. The molecule has 1 nitrogen and oxygen atoms in total. The Morgan fingerprint density at radius 2 is 1.92 bits per heavy atom. The van der Waals surface area contributed by atoms with E-state index in [2.05, 4.69) is 15.9 Å². The second-order valence-electron chi connectivity index (χ2n) is 2.53. The Bertz CT molecular complexity index is 303. The maximum atomic E-state index is 13.0. The second kappa shape index (κ2) is 4.11. The van der Waals surface area contributed by atoms with Gasteiger partial charge in [-0.2, -0.15) is 0 Å². The van der Waals surface area contributed by atoms with Crippen molar-refractivity contribution in [2.45, 2.75) is 12.5 Å². The fraction of sp³-hybridized carbons (Fsp3) is 0.250. The molecular formula is C8H7BrF3N. The zero-order valence-electron chi connectivity index (χ0n) is 6.48. The SMILES string of the molecule is N[C@H](c1ccc(Br)cc1F)C(F)F. The van der Waals surface area contributed by atoms with Gasteiger partial charge in [-0.1, -0.05) is 22.0 Å². The molecule has 1 aromatic carbocycles. The average Bonchev–Trinajstić information content (AvgIpc) is 2.03. The summed E-state index contributed by atoms with van der Waals surface area (Å²) in [7, 11) is 0. The van der Waals surface area contributed by atoms with Gasteiger partial charge >= 0.3 is 0 Å². The highest BCUT2D eigenvalue weighted by atomic mass is 79.9. The van der Waals surface area contributed by atoms with Gasteiger partial charge in [-0.3, -0.25) is 0 Å². The molecule has 0 aromatic heterocycles. The molecule has 1 rings (SSSR count). The zero-order chi connectivity index (χ0) is 10.0. The van der Waals surface area contributed by atoms with E-state index in [9.17, 15) is 13.2 Å². The Morgan fingerprint density at radius 1 is 1.31 bits per heavy atom. The number of nitrogens with two attached hydrogens (primary N) is 1. The van der Waals surface area contributed by atoms with Gasteiger partial charge in [0.25, 0.3) is 6.43 Å². The first-order chi connectivity index (χ1) is 6.02. The van der Waals surface area contributed by atoms with E-state index in [4.69, 9.17) is 5.73 Å². The van der Waals surface area contributed by atoms with E-state index in [-0.39, 0.29) is 5.56 Å². The molecule has 0 aliphatic rings. The molecule has 0 saturated heterocycles. The van der Waals surface area contributed by atoms with Crippen molar-refractivity contribution >= 4 is 15.9 Å². The van der Waals surface area contributed by atoms with Gasteiger partial charge in [0, 0.05) is 10.0 Å². The van der Waals surface area contributed by atoms with E-state index in [0.717, 1.165) is 6.07 Å². The molecule has 5 heteroatoms. The summed E-state index contributed by atoms with van der Waals surface area (Å²) in [6, 6.07) is 2.27. The molecule has 0 bridgehead atoms. The molecule has 1 aromatic rings. The van der Waals surface area contributed by atoms with Crippen LogP contribution in [-0.2, 0) is 0 Å². The lowest BCUT2D eigenvalue weighted by Gasteiger charge is -2.11. The van der Waals surface area contributed by atoms with Crippen LogP contribution in [0.15, 0.2) is 22.7 Å². The largest absolute Gasteiger partial charge is 0.319 e. The summed E-state index contributed by atoms with van der Waals surface area (Å²) in [5.74, 6) is -0.720. The number of alkyl halides is 2. The van der Waals surface area contributed by atoms with Crippen molar-refractivity contribution in [2.75, 3.05) is 0 Å². The Labute approximate surface area is 81.9 Å². The van der Waals surface area contributed by atoms with Gasteiger partial charge in [-0.15, -0.1) is 0 Å². The molecule has 13 heavy (non-hydrogen) atoms. The predicted molar refractivity (Wildman–Crippen MR) is 47.0 cm³/mol. The lowest BCUT2D eigenvalue weighted by Crippen LogP contribution is -2.20. The summed E-state index contributed by atoms with van der Waals surface area (Å²) in [5.41, 5.74) is 4.92. The summed E-state index contributed by atoms with van der Waals surface area (Å²) < 4.78 is 37.7. The normalized spacial score (nSPS) is 13.4. The predicted octanol–water partition coefficient (Wildman–Crippen LogP) is 2.85. The molecule has 0 fully saturated rings. The first kappa shape index (κ1) is 10.5. The van der Waals surface area contributed by atoms with Crippen LogP contribution in [0.5, 0.6) is 0 Å². The van der Waals surface area contributed by atoms with E-state index in [0.29, 0.717) is 4.47 Å². The maximum absolute atomic E-state index is 13.0. The van der Waals surface area contributed by atoms with Crippen molar-refractivity contribution in [3.05, 3.63) is 34.1 Å². The molecule has 0 amide bonds. The third kappa shape index (κ3) is 2.45. The highest BCUT2D eigenvalue weighted by Crippen LogP contribution is 2.23. The fourth-order valence-corrected chi connectivity index (χ4v) is 1.24. The van der Waals surface area contributed by atoms with Crippen molar-refractivity contribution in [1.82, 2.24) is 0 Å². The van der Waals surface area contributed by atoms with Crippen LogP contribution in [-0.4, -0.2) is 6.43 Å². The van der Waals surface area contributed by atoms with Crippen LogP contribution in [0.25, 0.3) is 0 Å². The number of hydrogen-bond donors (Lipinski definition) is 1. The molecule has 0 spiro atoms. The average molecular weight is 254 g/mol. The van der Waals surface area contributed by atoms with Crippen LogP contribution < -0.4 is 5.73 Å². The standard InChI is InChI=1S/C8H7BrF3N/c9-4-1-2-5(6(10)3-4)7(13)8(11)12/h1-3,7-8H,13H2/t7-/m1/s1. The molecule has 0 aliphatic carbocycles. The van der Waals surface area contributed by atoms with Crippen LogP contribution in [0.2, 0.25) is 0 Å². The van der Waals surface area contributed by atoms with Crippen LogP contribution in [0.1, 0.15) is 11.6 Å². The topological polar surface area (TPSA) is 26.0 Å². The molecule has 0 saturated carbocycles. The van der Waals surface area contributed by atoms with Crippen LogP contribution >= 0.6 is 15.9 Å². The van der Waals surface area contributed by atoms with E-state index >= 15 is 0 Å². The lowest BCUT2D eigenvalue weighted by molar-refractivity contribution is 0.115. The highest BCUT2D eigenvalue weighted by Gasteiger charge is 2.20. The monoisotopic (exact) mass is 253 g/mol. The van der Waals surface area contributed by atoms with Gasteiger partial charge in [0.2, 0.25) is 0 Å². The van der Waals surface area contributed by atoms with Crippen LogP contribution in [0.3, 0.4) is 0 Å². The third-order valence-corrected chi connectivity index (χ3v) is 2.09. The van der Waals surface area contributed by atoms with Crippen molar-refractivity contribution in [3.8, 4) is 0 Å². The van der Waals surface area contributed by atoms with E-state index in [1.807, 2.05) is 0 Å². The minimum Gasteiger partial charge on any atom is -0.319 e. The summed E-state index contributed by atoms with van der Waals surface area (Å²) in [6.45, 7) is 0. The zero-order valence-corrected chi connectivity index (χ0v) is 8.06. The number of benzene rings is 1. The Morgan fingerprint density at radius 3 is 2.38 bits per heavy atom. The molecule has 0 unspecified atom stereocenters. The molecule has 2 N–H and O–H groups in total. The maximum Gasteiger partial charge on any atom is 0.257 e. The number of hydrogen-bond acceptors (Lipinski definition) is 1. The second-order valence-corrected chi connectivity index (χ2v) is 3.44. The Balaban J connectivity index is 3.01. The van der Waals surface area contributed by atoms with Crippen molar-refractivity contribution < 1.29 is 13.2 Å². The summed E-state index contributed by atoms with van der Waals surface area (Å²) in [4.78, 5) is 0. The van der Waals surface area contributed by atoms with Gasteiger partial charge in [-0.05, 0) is 12.1 Å². The number of halogens is 4. The van der Waals surface area contributed by atoms with Gasteiger partial charge < -0.3 is 5.73 Å². The molecule has 0 radical (unpaired) electrons. The van der Waals surface area contributed by atoms with E-state index in [1.54, 1.807) is 0 Å². The van der Waals surface area contributed by atoms with Gasteiger partial charge in [-0.25, -0.2) is 13.2 Å². The summed E-state index contributed by atoms with van der Waals surface area (Å²) >= 11 is 3.01. The smallest absolute Gasteiger partial charge is 0.257 e. The van der Waals surface area contributed by atoms with E-state index < -0.39 is 18.3 Å². The molecule has 1 atom stereocenters. The quantitative estimate of drug-likeness (QED) is 0.862. The summed E-state index contributed by atoms with van der Waals surface area (Å²) in [6.07, 6.45) is -2.75. The van der Waals surface area contributed by atoms with E-state index in [1.165, 1.54) is 12.1 Å². The minimum atomic E-state index is -2.75. The fourth-order valence-electron chi connectivity index (χ4n) is 0.908. The summed E-state index contributed by atoms with van der Waals surface area (Å²) in [5, 5.41) is 0. The minimum absolute atomic E-state index is 0.168. The lowest BCUT2D eigenvalue weighted by atomic mass is 10.1.